The van der Waals surface area contributed by atoms with E-state index in [1.807, 2.05) is 0 Å². The van der Waals surface area contributed by atoms with Crippen LogP contribution in [-0.4, -0.2) is 28.9 Å². The Labute approximate surface area is 75.3 Å². The van der Waals surface area contributed by atoms with Crippen LogP contribution in [0.15, 0.2) is 25.3 Å². The van der Waals surface area contributed by atoms with Crippen LogP contribution in [0.1, 0.15) is 0 Å². The molecular formula is C8H13NO2Si. The van der Waals surface area contributed by atoms with E-state index >= 15 is 0 Å². The Morgan fingerprint density at radius 2 is 2.25 bits per heavy atom. The van der Waals surface area contributed by atoms with E-state index in [9.17, 15) is 4.79 Å². The zero-order chi connectivity index (χ0) is 9.40. The fourth-order valence-electron chi connectivity index (χ4n) is 0.538. The second kappa shape index (κ2) is 6.66. The summed E-state index contributed by atoms with van der Waals surface area (Å²) in [6.45, 7) is 7.26. The predicted molar refractivity (Wildman–Crippen MR) is 50.3 cm³/mol. The molecule has 12 heavy (non-hydrogen) atoms. The van der Waals surface area contributed by atoms with Crippen molar-refractivity contribution in [2.75, 3.05) is 13.3 Å². The van der Waals surface area contributed by atoms with Gasteiger partial charge in [-0.25, -0.2) is 4.79 Å². The van der Waals surface area contributed by atoms with E-state index in [-0.39, 0.29) is 5.54 Å². The maximum absolute atomic E-state index is 10.6. The molecule has 0 unspecified atom stereocenters. The highest BCUT2D eigenvalue weighted by Crippen LogP contribution is 2.03. The normalized spacial score (nSPS) is 9.17. The van der Waals surface area contributed by atoms with E-state index in [0.29, 0.717) is 15.7 Å². The highest BCUT2D eigenvalue weighted by Gasteiger charge is 2.02. The third-order valence-electron chi connectivity index (χ3n) is 1.23. The number of rotatable bonds is 5. The quantitative estimate of drug-likeness (QED) is 0.513. The molecule has 0 aromatic carbocycles. The molecule has 0 saturated carbocycles. The molecule has 0 spiro atoms. The van der Waals surface area contributed by atoms with Crippen molar-refractivity contribution in [1.29, 1.82) is 0 Å². The van der Waals surface area contributed by atoms with Gasteiger partial charge in [0.05, 0.1) is 6.23 Å². The Kier molecular flexibility index (Phi) is 6.09. The molecule has 0 bridgehead atoms. The summed E-state index contributed by atoms with van der Waals surface area (Å²) in [5, 5.41) is 2.37. The number of allylic oxidation sites excluding steroid dienone is 2. The van der Waals surface area contributed by atoms with Crippen molar-refractivity contribution in [3.05, 3.63) is 25.3 Å². The van der Waals surface area contributed by atoms with Gasteiger partial charge in [-0.1, -0.05) is 12.2 Å². The molecule has 0 saturated heterocycles. The summed E-state index contributed by atoms with van der Waals surface area (Å²) in [5.41, 5.74) is 0.245. The minimum absolute atomic E-state index is 0.245. The summed E-state index contributed by atoms with van der Waals surface area (Å²) < 4.78 is 4.79. The number of nitrogens with one attached hydrogen (secondary N) is 1. The van der Waals surface area contributed by atoms with Gasteiger partial charge in [-0.15, -0.1) is 13.2 Å². The Morgan fingerprint density at radius 1 is 1.67 bits per heavy atom. The van der Waals surface area contributed by atoms with Crippen molar-refractivity contribution >= 4 is 15.6 Å². The van der Waals surface area contributed by atoms with Gasteiger partial charge in [-0.05, 0) is 5.54 Å². The third-order valence-corrected chi connectivity index (χ3v) is 2.49. The molecule has 0 rings (SSSR count). The van der Waals surface area contributed by atoms with Crippen LogP contribution in [0.25, 0.3) is 0 Å². The van der Waals surface area contributed by atoms with Crippen molar-refractivity contribution in [3.8, 4) is 0 Å². The number of ether oxygens (including phenoxy) is 1. The van der Waals surface area contributed by atoms with E-state index in [1.165, 1.54) is 7.05 Å². The topological polar surface area (TPSA) is 38.3 Å². The van der Waals surface area contributed by atoms with E-state index in [0.717, 1.165) is 0 Å². The standard InChI is InChI=1S/C8H13NO2Si/c1-4-7(5-2)12-6-11-8(10)9-3/h4-5,7H,1-2,6H2,3H3,(H,9,10). The monoisotopic (exact) mass is 183 g/mol. The minimum atomic E-state index is -0.394. The zero-order valence-corrected chi connectivity index (χ0v) is 8.17. The number of amides is 1. The lowest BCUT2D eigenvalue weighted by Crippen LogP contribution is -2.22. The first-order chi connectivity index (χ1) is 5.74. The van der Waals surface area contributed by atoms with E-state index in [1.54, 1.807) is 12.2 Å². The number of hydrogen-bond acceptors (Lipinski definition) is 2. The minimum Gasteiger partial charge on any atom is -0.454 e. The molecule has 0 aliphatic heterocycles. The van der Waals surface area contributed by atoms with Crippen LogP contribution in [-0.2, 0) is 4.74 Å². The van der Waals surface area contributed by atoms with E-state index < -0.39 is 6.09 Å². The maximum atomic E-state index is 10.6. The molecule has 0 atom stereocenters. The van der Waals surface area contributed by atoms with Gasteiger partial charge in [0, 0.05) is 7.05 Å². The second-order valence-corrected chi connectivity index (χ2v) is 3.39. The summed E-state index contributed by atoms with van der Waals surface area (Å²) in [7, 11) is 2.03. The van der Waals surface area contributed by atoms with Gasteiger partial charge in [-0.2, -0.15) is 0 Å². The van der Waals surface area contributed by atoms with Crippen LogP contribution in [0.3, 0.4) is 0 Å². The lowest BCUT2D eigenvalue weighted by atomic mass is 10.4. The lowest BCUT2D eigenvalue weighted by molar-refractivity contribution is 0.166. The van der Waals surface area contributed by atoms with Crippen molar-refractivity contribution < 1.29 is 9.53 Å². The molecule has 2 radical (unpaired) electrons. The molecular weight excluding hydrogens is 170 g/mol. The van der Waals surface area contributed by atoms with Crippen LogP contribution in [0.4, 0.5) is 4.79 Å². The summed E-state index contributed by atoms with van der Waals surface area (Å²) >= 11 is 0. The summed E-state index contributed by atoms with van der Waals surface area (Å²) in [4.78, 5) is 10.6. The summed E-state index contributed by atoms with van der Waals surface area (Å²) in [5.74, 6) is 0. The summed E-state index contributed by atoms with van der Waals surface area (Å²) in [6, 6.07) is 0. The number of alkyl carbamates (subject to hydrolysis) is 1. The molecule has 0 aromatic rings. The smallest absolute Gasteiger partial charge is 0.406 e. The average Bonchev–Trinajstić information content (AvgIpc) is 2.12. The zero-order valence-electron chi connectivity index (χ0n) is 7.17. The first-order valence-corrected chi connectivity index (χ1v) is 4.86. The maximum Gasteiger partial charge on any atom is 0.406 e. The molecule has 0 aliphatic rings. The molecule has 1 N–H and O–H groups in total. The van der Waals surface area contributed by atoms with Crippen LogP contribution in [0.2, 0.25) is 5.54 Å². The lowest BCUT2D eigenvalue weighted by Gasteiger charge is -2.05. The van der Waals surface area contributed by atoms with Crippen LogP contribution in [0.5, 0.6) is 0 Å². The Bertz CT molecular complexity index is 162. The predicted octanol–water partition coefficient (Wildman–Crippen LogP) is 1.16. The Morgan fingerprint density at radius 3 is 2.67 bits per heavy atom. The van der Waals surface area contributed by atoms with Crippen molar-refractivity contribution in [2.45, 2.75) is 5.54 Å². The molecule has 1 amide bonds. The van der Waals surface area contributed by atoms with Crippen molar-refractivity contribution in [1.82, 2.24) is 5.32 Å². The SMILES string of the molecule is C=CC(C=C)[Si]COC(=O)NC. The molecule has 66 valence electrons. The first kappa shape index (κ1) is 11.0. The van der Waals surface area contributed by atoms with Gasteiger partial charge in [0.2, 0.25) is 0 Å². The molecule has 3 nitrogen and oxygen atoms in total. The van der Waals surface area contributed by atoms with Gasteiger partial charge in [0.25, 0.3) is 0 Å². The molecule has 0 fully saturated rings. The highest BCUT2D eigenvalue weighted by atomic mass is 28.2. The van der Waals surface area contributed by atoms with Crippen molar-refractivity contribution in [3.63, 3.8) is 0 Å². The number of carbonyl (C=O) groups is 1. The average molecular weight is 183 g/mol. The molecule has 0 aromatic heterocycles. The highest BCUT2D eigenvalue weighted by molar-refractivity contribution is 6.39. The first-order valence-electron chi connectivity index (χ1n) is 3.57. The van der Waals surface area contributed by atoms with Crippen LogP contribution < -0.4 is 5.32 Å². The van der Waals surface area contributed by atoms with Crippen LogP contribution >= 0.6 is 0 Å². The Balaban J connectivity index is 3.47. The van der Waals surface area contributed by atoms with Gasteiger partial charge in [-0.3, -0.25) is 0 Å². The number of hydrogen-bond donors (Lipinski definition) is 1. The molecule has 4 heteroatoms. The Hall–Kier alpha value is -1.03. The van der Waals surface area contributed by atoms with Gasteiger partial charge in [0.15, 0.2) is 0 Å². The van der Waals surface area contributed by atoms with E-state index in [2.05, 4.69) is 18.5 Å². The van der Waals surface area contributed by atoms with E-state index in [4.69, 9.17) is 4.74 Å². The fourth-order valence-corrected chi connectivity index (χ4v) is 1.28. The largest absolute Gasteiger partial charge is 0.454 e. The molecule has 0 aliphatic carbocycles. The van der Waals surface area contributed by atoms with Gasteiger partial charge in [0.1, 0.15) is 9.52 Å². The number of carbonyl (C=O) groups excluding carboxylic acids is 1. The van der Waals surface area contributed by atoms with Crippen LogP contribution in [0, 0.1) is 0 Å². The fraction of sp³-hybridized carbons (Fsp3) is 0.375. The second-order valence-electron chi connectivity index (χ2n) is 2.03. The van der Waals surface area contributed by atoms with Gasteiger partial charge < -0.3 is 10.1 Å². The third kappa shape index (κ3) is 4.73. The summed E-state index contributed by atoms with van der Waals surface area (Å²) in [6.07, 6.45) is 3.61. The van der Waals surface area contributed by atoms with Gasteiger partial charge >= 0.3 is 6.09 Å². The van der Waals surface area contributed by atoms with Crippen molar-refractivity contribution in [2.24, 2.45) is 0 Å². The molecule has 0 heterocycles.